The van der Waals surface area contributed by atoms with Crippen molar-refractivity contribution in [1.82, 2.24) is 24.0 Å². The molecule has 1 unspecified atom stereocenters. The van der Waals surface area contributed by atoms with Gasteiger partial charge in [-0.05, 0) is 31.6 Å². The van der Waals surface area contributed by atoms with Crippen LogP contribution in [0.2, 0.25) is 0 Å². The van der Waals surface area contributed by atoms with E-state index in [1.54, 1.807) is 4.57 Å². The number of carbonyl (C=O) groups is 1. The van der Waals surface area contributed by atoms with Crippen molar-refractivity contribution in [2.45, 2.75) is 91.6 Å². The number of piperidine rings is 1. The normalized spacial score (nSPS) is 16.9. The molecule has 0 aromatic carbocycles. The zero-order chi connectivity index (χ0) is 22.4. The summed E-state index contributed by atoms with van der Waals surface area (Å²) < 4.78 is 3.52. The van der Waals surface area contributed by atoms with E-state index in [1.807, 2.05) is 9.47 Å². The number of hydrogen-bond donors (Lipinski definition) is 1. The van der Waals surface area contributed by atoms with Crippen molar-refractivity contribution in [1.29, 1.82) is 0 Å². The minimum Gasteiger partial charge on any atom is -0.342 e. The van der Waals surface area contributed by atoms with Crippen LogP contribution in [0.25, 0.3) is 11.2 Å². The third-order valence-corrected chi connectivity index (χ3v) is 6.26. The predicted octanol–water partition coefficient (Wildman–Crippen LogP) is 3.07. The molecule has 2 aromatic rings. The molecule has 1 aliphatic rings. The summed E-state index contributed by atoms with van der Waals surface area (Å²) in [5, 5.41) is 0. The quantitative estimate of drug-likeness (QED) is 0.585. The van der Waals surface area contributed by atoms with Crippen LogP contribution in [0, 0.1) is 5.92 Å². The molecule has 1 saturated heterocycles. The molecule has 0 saturated carbocycles. The maximum atomic E-state index is 12.8. The lowest BCUT2D eigenvalue weighted by molar-refractivity contribution is -0.132. The summed E-state index contributed by atoms with van der Waals surface area (Å²) in [6, 6.07) is 0. The van der Waals surface area contributed by atoms with Crippen LogP contribution in [0.3, 0.4) is 0 Å². The van der Waals surface area contributed by atoms with Gasteiger partial charge in [0.2, 0.25) is 5.91 Å². The minimum atomic E-state index is -0.408. The van der Waals surface area contributed by atoms with E-state index in [1.165, 1.54) is 6.42 Å². The monoisotopic (exact) mass is 431 g/mol. The van der Waals surface area contributed by atoms with Gasteiger partial charge in [0.15, 0.2) is 11.2 Å². The highest BCUT2D eigenvalue weighted by molar-refractivity contribution is 5.77. The first-order chi connectivity index (χ1) is 15.0. The molecule has 8 nitrogen and oxygen atoms in total. The molecule has 2 aromatic heterocycles. The SMILES string of the molecule is CCCCCn1c(CCC(=O)N2CCCC(C)C2)nc2c1c(=O)[nH]c(=O)n2CCCC. The molecule has 3 rings (SSSR count). The van der Waals surface area contributed by atoms with Gasteiger partial charge in [-0.15, -0.1) is 0 Å². The van der Waals surface area contributed by atoms with Gasteiger partial charge in [0, 0.05) is 39.0 Å². The van der Waals surface area contributed by atoms with E-state index in [9.17, 15) is 14.4 Å². The first-order valence-electron chi connectivity index (χ1n) is 12.0. The Kier molecular flexibility index (Phi) is 8.09. The third kappa shape index (κ3) is 5.46. The highest BCUT2D eigenvalue weighted by Gasteiger charge is 2.23. The Morgan fingerprint density at radius 3 is 2.55 bits per heavy atom. The molecule has 1 amide bonds. The molecule has 0 spiro atoms. The molecule has 3 heterocycles. The van der Waals surface area contributed by atoms with Crippen LogP contribution in [0.1, 0.15) is 78.0 Å². The average molecular weight is 432 g/mol. The summed E-state index contributed by atoms with van der Waals surface area (Å²) in [4.78, 5) is 47.1. The standard InChI is InChI=1S/C23H37N5O3/c1-4-6-8-15-27-18(11-12-19(29)26-13-9-10-17(3)16-26)24-21-20(27)22(30)25-23(31)28(21)14-7-5-2/h17H,4-16H2,1-3H3,(H,25,30,31). The summed E-state index contributed by atoms with van der Waals surface area (Å²) in [5.74, 6) is 1.42. The molecule has 31 heavy (non-hydrogen) atoms. The van der Waals surface area contributed by atoms with Gasteiger partial charge >= 0.3 is 5.69 Å². The first kappa shape index (κ1) is 23.3. The van der Waals surface area contributed by atoms with Gasteiger partial charge in [-0.2, -0.15) is 0 Å². The molecule has 1 atom stereocenters. The largest absolute Gasteiger partial charge is 0.342 e. The van der Waals surface area contributed by atoms with Gasteiger partial charge in [0.05, 0.1) is 0 Å². The van der Waals surface area contributed by atoms with Gasteiger partial charge in [-0.3, -0.25) is 19.1 Å². The van der Waals surface area contributed by atoms with E-state index in [0.29, 0.717) is 43.0 Å². The molecule has 1 N–H and O–H groups in total. The molecule has 0 aliphatic carbocycles. The van der Waals surface area contributed by atoms with E-state index in [-0.39, 0.29) is 11.5 Å². The van der Waals surface area contributed by atoms with Crippen molar-refractivity contribution in [3.63, 3.8) is 0 Å². The molecular weight excluding hydrogens is 394 g/mol. The lowest BCUT2D eigenvalue weighted by Crippen LogP contribution is -2.39. The highest BCUT2D eigenvalue weighted by atomic mass is 16.2. The smallest absolute Gasteiger partial charge is 0.330 e. The summed E-state index contributed by atoms with van der Waals surface area (Å²) in [6.45, 7) is 9.24. The molecule has 1 fully saturated rings. The van der Waals surface area contributed by atoms with Crippen molar-refractivity contribution in [3.05, 3.63) is 26.7 Å². The van der Waals surface area contributed by atoms with Crippen LogP contribution in [0.15, 0.2) is 9.59 Å². The van der Waals surface area contributed by atoms with Gasteiger partial charge in [0.25, 0.3) is 5.56 Å². The summed E-state index contributed by atoms with van der Waals surface area (Å²) in [5.41, 5.74) is 0.113. The van der Waals surface area contributed by atoms with Crippen LogP contribution >= 0.6 is 0 Å². The number of likely N-dealkylation sites (tertiary alicyclic amines) is 1. The summed E-state index contributed by atoms with van der Waals surface area (Å²) in [7, 11) is 0. The molecule has 172 valence electrons. The van der Waals surface area contributed by atoms with Crippen LogP contribution in [-0.2, 0) is 24.3 Å². The number of aromatic amines is 1. The van der Waals surface area contributed by atoms with E-state index < -0.39 is 5.69 Å². The number of amides is 1. The maximum Gasteiger partial charge on any atom is 0.330 e. The number of nitrogens with one attached hydrogen (secondary N) is 1. The van der Waals surface area contributed by atoms with Crippen molar-refractivity contribution >= 4 is 17.1 Å². The van der Waals surface area contributed by atoms with E-state index in [4.69, 9.17) is 4.98 Å². The van der Waals surface area contributed by atoms with Gasteiger partial charge in [-0.1, -0.05) is 40.0 Å². The van der Waals surface area contributed by atoms with Crippen LogP contribution < -0.4 is 11.2 Å². The minimum absolute atomic E-state index is 0.149. The van der Waals surface area contributed by atoms with Gasteiger partial charge < -0.3 is 9.47 Å². The van der Waals surface area contributed by atoms with Crippen LogP contribution in [-0.4, -0.2) is 43.0 Å². The van der Waals surface area contributed by atoms with Crippen LogP contribution in [0.4, 0.5) is 0 Å². The number of aryl methyl sites for hydroxylation is 3. The zero-order valence-electron chi connectivity index (χ0n) is 19.3. The molecule has 8 heteroatoms. The Bertz CT molecular complexity index is 1000. The number of hydrogen-bond acceptors (Lipinski definition) is 4. The second-order valence-electron chi connectivity index (χ2n) is 8.91. The molecule has 0 bridgehead atoms. The molecule has 0 radical (unpaired) electrons. The third-order valence-electron chi connectivity index (χ3n) is 6.26. The Hall–Kier alpha value is -2.38. The van der Waals surface area contributed by atoms with E-state index >= 15 is 0 Å². The number of nitrogens with zero attached hydrogens (tertiary/aromatic N) is 4. The van der Waals surface area contributed by atoms with Crippen molar-refractivity contribution < 1.29 is 4.79 Å². The summed E-state index contributed by atoms with van der Waals surface area (Å²) >= 11 is 0. The lowest BCUT2D eigenvalue weighted by Gasteiger charge is -2.31. The fourth-order valence-corrected chi connectivity index (χ4v) is 4.49. The number of aromatic nitrogens is 4. The number of rotatable bonds is 10. The number of imidazole rings is 1. The Morgan fingerprint density at radius 1 is 1.10 bits per heavy atom. The van der Waals surface area contributed by atoms with Gasteiger partial charge in [-0.25, -0.2) is 9.78 Å². The van der Waals surface area contributed by atoms with E-state index in [2.05, 4.69) is 25.8 Å². The van der Waals surface area contributed by atoms with E-state index in [0.717, 1.165) is 57.4 Å². The average Bonchev–Trinajstić information content (AvgIpc) is 3.11. The van der Waals surface area contributed by atoms with Gasteiger partial charge in [0.1, 0.15) is 5.82 Å². The number of H-pyrrole nitrogens is 1. The molecule has 1 aliphatic heterocycles. The molecular formula is C23H37N5O3. The lowest BCUT2D eigenvalue weighted by atomic mass is 10.00. The zero-order valence-corrected chi connectivity index (χ0v) is 19.3. The van der Waals surface area contributed by atoms with Crippen molar-refractivity contribution in [3.8, 4) is 0 Å². The fourth-order valence-electron chi connectivity index (χ4n) is 4.49. The predicted molar refractivity (Wildman–Crippen MR) is 122 cm³/mol. The number of unbranched alkanes of at least 4 members (excludes halogenated alkanes) is 3. The number of fused-ring (bicyclic) bond motifs is 1. The highest BCUT2D eigenvalue weighted by Crippen LogP contribution is 2.19. The second-order valence-corrected chi connectivity index (χ2v) is 8.91. The van der Waals surface area contributed by atoms with Crippen molar-refractivity contribution in [2.24, 2.45) is 5.92 Å². The topological polar surface area (TPSA) is 93.0 Å². The second kappa shape index (κ2) is 10.8. The Balaban J connectivity index is 1.91. The Labute approximate surface area is 183 Å². The van der Waals surface area contributed by atoms with Crippen LogP contribution in [0.5, 0.6) is 0 Å². The van der Waals surface area contributed by atoms with Crippen molar-refractivity contribution in [2.75, 3.05) is 13.1 Å². The Morgan fingerprint density at radius 2 is 1.84 bits per heavy atom. The number of carbonyl (C=O) groups excluding carboxylic acids is 1. The fraction of sp³-hybridized carbons (Fsp3) is 0.739. The first-order valence-corrected chi connectivity index (χ1v) is 12.0. The maximum absolute atomic E-state index is 12.8. The summed E-state index contributed by atoms with van der Waals surface area (Å²) in [6.07, 6.45) is 7.93.